The van der Waals surface area contributed by atoms with Crippen LogP contribution in [-0.2, 0) is 5.60 Å². The van der Waals surface area contributed by atoms with Gasteiger partial charge in [-0.3, -0.25) is 0 Å². The van der Waals surface area contributed by atoms with Crippen LogP contribution in [0.3, 0.4) is 0 Å². The third kappa shape index (κ3) is 2.90. The van der Waals surface area contributed by atoms with Crippen molar-refractivity contribution in [2.45, 2.75) is 32.8 Å². The van der Waals surface area contributed by atoms with E-state index in [9.17, 15) is 5.11 Å². The van der Waals surface area contributed by atoms with Crippen LogP contribution >= 0.6 is 7.92 Å². The van der Waals surface area contributed by atoms with Crippen molar-refractivity contribution >= 4 is 23.8 Å². The highest BCUT2D eigenvalue weighted by Crippen LogP contribution is 2.49. The van der Waals surface area contributed by atoms with Crippen molar-refractivity contribution in [2.75, 3.05) is 0 Å². The average Bonchev–Trinajstić information content (AvgIpc) is 2.62. The van der Waals surface area contributed by atoms with E-state index in [-0.39, 0.29) is 5.41 Å². The van der Waals surface area contributed by atoms with E-state index in [4.69, 9.17) is 0 Å². The smallest absolute Gasteiger partial charge is 0.116 e. The molecule has 0 radical (unpaired) electrons. The number of hydrogen-bond donors (Lipinski definition) is 1. The Bertz CT molecular complexity index is 877. The summed E-state index contributed by atoms with van der Waals surface area (Å²) in [5.74, 6) is 0. The molecule has 0 fully saturated rings. The zero-order valence-corrected chi connectivity index (χ0v) is 16.5. The van der Waals surface area contributed by atoms with E-state index < -0.39 is 13.5 Å². The van der Waals surface area contributed by atoms with Crippen LogP contribution in [0.4, 0.5) is 0 Å². The molecular formula is C24H25OP. The van der Waals surface area contributed by atoms with Crippen LogP contribution in [0.5, 0.6) is 0 Å². The van der Waals surface area contributed by atoms with Gasteiger partial charge in [0.2, 0.25) is 0 Å². The molecule has 0 saturated heterocycles. The summed E-state index contributed by atoms with van der Waals surface area (Å²) in [4.78, 5) is 0. The second kappa shape index (κ2) is 6.34. The maximum Gasteiger partial charge on any atom is 0.116 e. The molecule has 1 N–H and O–H groups in total. The molecule has 2 heteroatoms. The van der Waals surface area contributed by atoms with Crippen LogP contribution < -0.4 is 15.9 Å². The van der Waals surface area contributed by atoms with Crippen molar-refractivity contribution in [1.82, 2.24) is 0 Å². The topological polar surface area (TPSA) is 20.2 Å². The second-order valence-corrected chi connectivity index (χ2v) is 10.5. The molecule has 1 heterocycles. The van der Waals surface area contributed by atoms with Crippen molar-refractivity contribution in [3.05, 3.63) is 90.0 Å². The molecule has 0 amide bonds. The molecule has 4 rings (SSSR count). The first kappa shape index (κ1) is 17.5. The van der Waals surface area contributed by atoms with Crippen molar-refractivity contribution in [3.8, 4) is 0 Å². The van der Waals surface area contributed by atoms with Crippen molar-refractivity contribution in [1.29, 1.82) is 0 Å². The Morgan fingerprint density at radius 2 is 1.19 bits per heavy atom. The van der Waals surface area contributed by atoms with E-state index in [1.807, 2.05) is 0 Å². The van der Waals surface area contributed by atoms with Crippen molar-refractivity contribution in [2.24, 2.45) is 5.41 Å². The summed E-state index contributed by atoms with van der Waals surface area (Å²) in [7, 11) is -0.659. The van der Waals surface area contributed by atoms with Crippen LogP contribution in [0.15, 0.2) is 78.9 Å². The monoisotopic (exact) mass is 360 g/mol. The van der Waals surface area contributed by atoms with E-state index in [0.29, 0.717) is 6.42 Å². The molecule has 1 aliphatic rings. The van der Waals surface area contributed by atoms with Crippen LogP contribution in [-0.4, -0.2) is 5.11 Å². The highest BCUT2D eigenvalue weighted by Gasteiger charge is 2.44. The first-order valence-corrected chi connectivity index (χ1v) is 10.5. The lowest BCUT2D eigenvalue weighted by molar-refractivity contribution is 0.0376. The Balaban J connectivity index is 2.01. The predicted molar refractivity (Wildman–Crippen MR) is 112 cm³/mol. The van der Waals surface area contributed by atoms with Gasteiger partial charge >= 0.3 is 0 Å². The molecule has 0 spiro atoms. The van der Waals surface area contributed by atoms with Gasteiger partial charge in [0.25, 0.3) is 0 Å². The minimum absolute atomic E-state index is 0.0157. The molecule has 3 aromatic carbocycles. The fourth-order valence-electron chi connectivity index (χ4n) is 4.12. The van der Waals surface area contributed by atoms with Crippen LogP contribution in [0.2, 0.25) is 0 Å². The van der Waals surface area contributed by atoms with Gasteiger partial charge in [-0.05, 0) is 46.8 Å². The van der Waals surface area contributed by atoms with Gasteiger partial charge < -0.3 is 5.11 Å². The molecule has 132 valence electrons. The third-order valence-corrected chi connectivity index (χ3v) is 7.54. The van der Waals surface area contributed by atoms with Gasteiger partial charge in [0.1, 0.15) is 5.60 Å². The molecule has 26 heavy (non-hydrogen) atoms. The summed E-state index contributed by atoms with van der Waals surface area (Å²) < 4.78 is 0. The van der Waals surface area contributed by atoms with Crippen LogP contribution in [0, 0.1) is 5.41 Å². The summed E-state index contributed by atoms with van der Waals surface area (Å²) in [6, 6.07) is 27.7. The second-order valence-electron chi connectivity index (χ2n) is 8.30. The minimum Gasteiger partial charge on any atom is -0.380 e. The highest BCUT2D eigenvalue weighted by atomic mass is 31.1. The Labute approximate surface area is 157 Å². The van der Waals surface area contributed by atoms with E-state index in [2.05, 4.69) is 99.6 Å². The summed E-state index contributed by atoms with van der Waals surface area (Å²) in [5.41, 5.74) is 1.22. The van der Waals surface area contributed by atoms with E-state index in [1.54, 1.807) is 0 Å². The third-order valence-electron chi connectivity index (χ3n) is 4.98. The Morgan fingerprint density at radius 1 is 0.731 bits per heavy atom. The Morgan fingerprint density at radius 3 is 1.69 bits per heavy atom. The lowest BCUT2D eigenvalue weighted by Crippen LogP contribution is -2.45. The minimum atomic E-state index is -0.945. The number of fused-ring (bicyclic) bond motifs is 2. The van der Waals surface area contributed by atoms with E-state index in [0.717, 1.165) is 11.1 Å². The summed E-state index contributed by atoms with van der Waals surface area (Å²) in [6.45, 7) is 6.60. The lowest BCUT2D eigenvalue weighted by atomic mass is 9.74. The fraction of sp³-hybridized carbons (Fsp3) is 0.250. The van der Waals surface area contributed by atoms with Gasteiger partial charge in [-0.25, -0.2) is 0 Å². The first-order valence-electron chi connectivity index (χ1n) is 9.17. The summed E-state index contributed by atoms with van der Waals surface area (Å²) >= 11 is 0. The maximum atomic E-state index is 12.0. The zero-order chi connectivity index (χ0) is 18.4. The largest absolute Gasteiger partial charge is 0.380 e. The Hall–Kier alpha value is -1.95. The quantitative estimate of drug-likeness (QED) is 0.671. The van der Waals surface area contributed by atoms with Gasteiger partial charge in [0.05, 0.1) is 0 Å². The molecule has 0 aromatic heterocycles. The molecule has 0 aliphatic carbocycles. The van der Waals surface area contributed by atoms with Crippen molar-refractivity contribution < 1.29 is 5.11 Å². The van der Waals surface area contributed by atoms with Gasteiger partial charge in [0, 0.05) is 0 Å². The average molecular weight is 360 g/mol. The highest BCUT2D eigenvalue weighted by molar-refractivity contribution is 7.80. The molecule has 3 aromatic rings. The van der Waals surface area contributed by atoms with Crippen LogP contribution in [0.25, 0.3) is 0 Å². The molecule has 0 saturated carbocycles. The maximum absolute atomic E-state index is 12.0. The first-order chi connectivity index (χ1) is 12.4. The van der Waals surface area contributed by atoms with Crippen LogP contribution in [0.1, 0.15) is 38.3 Å². The molecule has 1 aliphatic heterocycles. The predicted octanol–water partition coefficient (Wildman–Crippen LogP) is 4.43. The number of rotatable bonds is 2. The molecule has 0 bridgehead atoms. The van der Waals surface area contributed by atoms with Gasteiger partial charge in [-0.2, -0.15) is 0 Å². The summed E-state index contributed by atoms with van der Waals surface area (Å²) in [6.07, 6.45) is 0.700. The fourth-order valence-corrected chi connectivity index (χ4v) is 6.88. The lowest BCUT2D eigenvalue weighted by Gasteiger charge is -2.43. The molecule has 1 nitrogen and oxygen atoms in total. The standard InChI is InChI=1S/C24H25OP/c1-23(2,3)17-24(25)19-13-7-9-15-21(19)26(18-11-5-4-6-12-18)22-16-10-8-14-20(22)24/h4-16,25H,17H2,1-3H3. The SMILES string of the molecule is CC(C)(C)CC1(O)c2ccccc2P(c2ccccc2)c2ccccc21. The summed E-state index contributed by atoms with van der Waals surface area (Å²) in [5, 5.41) is 15.9. The molecule has 0 atom stereocenters. The van der Waals surface area contributed by atoms with Gasteiger partial charge in [0.15, 0.2) is 0 Å². The number of hydrogen-bond acceptors (Lipinski definition) is 1. The molecular weight excluding hydrogens is 335 g/mol. The van der Waals surface area contributed by atoms with E-state index >= 15 is 0 Å². The van der Waals surface area contributed by atoms with E-state index in [1.165, 1.54) is 15.9 Å². The van der Waals surface area contributed by atoms with Crippen molar-refractivity contribution in [3.63, 3.8) is 0 Å². The molecule has 0 unspecified atom stereocenters. The number of aliphatic hydroxyl groups is 1. The Kier molecular flexibility index (Phi) is 4.26. The zero-order valence-electron chi connectivity index (χ0n) is 15.6. The normalized spacial score (nSPS) is 21.8. The van der Waals surface area contributed by atoms with Gasteiger partial charge in [-0.1, -0.05) is 99.6 Å². The number of benzene rings is 3. The van der Waals surface area contributed by atoms with Gasteiger partial charge in [-0.15, -0.1) is 0 Å².